The number of amides is 2. The van der Waals surface area contributed by atoms with Gasteiger partial charge >= 0.3 is 0 Å². The molecule has 1 aliphatic heterocycles. The number of carbonyl (C=O) groups excluding carboxylic acids is 2. The van der Waals surface area contributed by atoms with Gasteiger partial charge in [-0.2, -0.15) is 5.26 Å². The lowest BCUT2D eigenvalue weighted by Gasteiger charge is -2.35. The quantitative estimate of drug-likeness (QED) is 0.834. The van der Waals surface area contributed by atoms with E-state index >= 15 is 0 Å². The lowest BCUT2D eigenvalue weighted by atomic mass is 10.1. The molecule has 0 atom stereocenters. The molecule has 1 aliphatic rings. The van der Waals surface area contributed by atoms with E-state index in [9.17, 15) is 9.59 Å². The third kappa shape index (κ3) is 3.65. The van der Waals surface area contributed by atoms with E-state index in [4.69, 9.17) is 16.9 Å². The molecular weight excluding hydrogens is 338 g/mol. The van der Waals surface area contributed by atoms with E-state index in [2.05, 4.69) is 0 Å². The average Bonchev–Trinajstić information content (AvgIpc) is 2.67. The van der Waals surface area contributed by atoms with Crippen LogP contribution in [0.4, 0.5) is 0 Å². The van der Waals surface area contributed by atoms with Crippen LogP contribution in [0.5, 0.6) is 0 Å². The molecule has 0 saturated carbocycles. The zero-order valence-corrected chi connectivity index (χ0v) is 14.2. The van der Waals surface area contributed by atoms with E-state index in [1.165, 1.54) is 0 Å². The first-order valence-electron chi connectivity index (χ1n) is 7.93. The monoisotopic (exact) mass is 353 g/mol. The normalized spacial score (nSPS) is 14.1. The maximum Gasteiger partial charge on any atom is 0.255 e. The number of carbonyl (C=O) groups is 2. The van der Waals surface area contributed by atoms with Gasteiger partial charge in [0.25, 0.3) is 11.8 Å². The van der Waals surface area contributed by atoms with Crippen molar-refractivity contribution in [1.29, 1.82) is 5.26 Å². The highest BCUT2D eigenvalue weighted by Crippen LogP contribution is 2.18. The minimum absolute atomic E-state index is 0.121. The van der Waals surface area contributed by atoms with Crippen LogP contribution in [-0.2, 0) is 0 Å². The Balaban J connectivity index is 1.65. The van der Waals surface area contributed by atoms with Crippen LogP contribution in [0, 0.1) is 11.3 Å². The Bertz CT molecular complexity index is 852. The molecule has 2 aromatic carbocycles. The Labute approximate surface area is 151 Å². The average molecular weight is 354 g/mol. The van der Waals surface area contributed by atoms with Crippen molar-refractivity contribution in [3.63, 3.8) is 0 Å². The highest BCUT2D eigenvalue weighted by molar-refractivity contribution is 6.33. The largest absolute Gasteiger partial charge is 0.335 e. The molecule has 0 aliphatic carbocycles. The predicted molar refractivity (Wildman–Crippen MR) is 94.4 cm³/mol. The Morgan fingerprint density at radius 2 is 1.56 bits per heavy atom. The summed E-state index contributed by atoms with van der Waals surface area (Å²) in [5, 5.41) is 9.38. The summed E-state index contributed by atoms with van der Waals surface area (Å²) < 4.78 is 0. The van der Waals surface area contributed by atoms with Crippen molar-refractivity contribution in [2.75, 3.05) is 26.2 Å². The molecule has 0 unspecified atom stereocenters. The molecule has 0 spiro atoms. The van der Waals surface area contributed by atoms with Gasteiger partial charge in [0, 0.05) is 31.7 Å². The molecule has 2 aromatic rings. The number of nitrogens with zero attached hydrogens (tertiary/aromatic N) is 3. The fraction of sp³-hybridized carbons (Fsp3) is 0.211. The molecule has 6 heteroatoms. The Hall–Kier alpha value is -2.84. The molecule has 126 valence electrons. The summed E-state index contributed by atoms with van der Waals surface area (Å²) >= 11 is 6.09. The zero-order chi connectivity index (χ0) is 17.8. The van der Waals surface area contributed by atoms with Crippen molar-refractivity contribution in [1.82, 2.24) is 9.80 Å². The molecule has 0 aromatic heterocycles. The van der Waals surface area contributed by atoms with Crippen LogP contribution in [0.3, 0.4) is 0 Å². The van der Waals surface area contributed by atoms with E-state index in [-0.39, 0.29) is 11.8 Å². The van der Waals surface area contributed by atoms with Crippen LogP contribution >= 0.6 is 11.6 Å². The van der Waals surface area contributed by atoms with Crippen molar-refractivity contribution < 1.29 is 9.59 Å². The number of rotatable bonds is 2. The maximum atomic E-state index is 12.6. The molecule has 5 nitrogen and oxygen atoms in total. The van der Waals surface area contributed by atoms with Gasteiger partial charge < -0.3 is 9.80 Å². The Kier molecular flexibility index (Phi) is 5.01. The van der Waals surface area contributed by atoms with Crippen molar-refractivity contribution >= 4 is 23.4 Å². The summed E-state index contributed by atoms with van der Waals surface area (Å²) in [6.45, 7) is 1.80. The molecule has 2 amide bonds. The van der Waals surface area contributed by atoms with Gasteiger partial charge in [-0.3, -0.25) is 9.59 Å². The number of benzene rings is 2. The van der Waals surface area contributed by atoms with Crippen LogP contribution in [0.1, 0.15) is 26.3 Å². The van der Waals surface area contributed by atoms with Crippen LogP contribution in [0.15, 0.2) is 48.5 Å². The number of piperazine rings is 1. The van der Waals surface area contributed by atoms with Gasteiger partial charge in [0.2, 0.25) is 0 Å². The van der Waals surface area contributed by atoms with Gasteiger partial charge in [-0.25, -0.2) is 0 Å². The zero-order valence-electron chi connectivity index (χ0n) is 13.5. The first kappa shape index (κ1) is 17.0. The van der Waals surface area contributed by atoms with Crippen LogP contribution in [0.2, 0.25) is 5.02 Å². The lowest BCUT2D eigenvalue weighted by molar-refractivity contribution is 0.0535. The van der Waals surface area contributed by atoms with Gasteiger partial charge in [-0.05, 0) is 30.3 Å². The second kappa shape index (κ2) is 7.37. The number of hydrogen-bond acceptors (Lipinski definition) is 3. The minimum atomic E-state index is -0.123. The van der Waals surface area contributed by atoms with Gasteiger partial charge in [-0.1, -0.05) is 29.8 Å². The third-order valence-electron chi connectivity index (χ3n) is 4.20. The first-order chi connectivity index (χ1) is 12.1. The molecule has 1 saturated heterocycles. The second-order valence-corrected chi connectivity index (χ2v) is 6.16. The SMILES string of the molecule is N#Cc1cccc(C(=O)N2CCN(C(=O)c3ccccc3Cl)CC2)c1. The van der Waals surface area contributed by atoms with E-state index < -0.39 is 0 Å². The van der Waals surface area contributed by atoms with Crippen LogP contribution in [-0.4, -0.2) is 47.8 Å². The molecule has 0 radical (unpaired) electrons. The molecule has 1 heterocycles. The predicted octanol–water partition coefficient (Wildman–Crippen LogP) is 2.81. The minimum Gasteiger partial charge on any atom is -0.335 e. The van der Waals surface area contributed by atoms with Crippen LogP contribution in [0.25, 0.3) is 0 Å². The summed E-state index contributed by atoms with van der Waals surface area (Å²) in [4.78, 5) is 28.5. The molecule has 25 heavy (non-hydrogen) atoms. The number of nitriles is 1. The molecule has 1 fully saturated rings. The Morgan fingerprint density at radius 1 is 0.920 bits per heavy atom. The third-order valence-corrected chi connectivity index (χ3v) is 4.53. The Morgan fingerprint density at radius 3 is 2.20 bits per heavy atom. The van der Waals surface area contributed by atoms with Crippen molar-refractivity contribution in [2.45, 2.75) is 0 Å². The summed E-state index contributed by atoms with van der Waals surface area (Å²) in [6.07, 6.45) is 0. The fourth-order valence-corrected chi connectivity index (χ4v) is 3.04. The summed E-state index contributed by atoms with van der Waals surface area (Å²) in [5.41, 5.74) is 1.42. The summed E-state index contributed by atoms with van der Waals surface area (Å²) in [6, 6.07) is 15.6. The molecule has 3 rings (SSSR count). The topological polar surface area (TPSA) is 64.4 Å². The number of hydrogen-bond donors (Lipinski definition) is 0. The highest BCUT2D eigenvalue weighted by Gasteiger charge is 2.26. The van der Waals surface area contributed by atoms with Crippen molar-refractivity contribution in [3.05, 3.63) is 70.2 Å². The van der Waals surface area contributed by atoms with Gasteiger partial charge in [0.15, 0.2) is 0 Å². The van der Waals surface area contributed by atoms with Gasteiger partial charge in [-0.15, -0.1) is 0 Å². The maximum absolute atomic E-state index is 12.6. The van der Waals surface area contributed by atoms with E-state index in [1.54, 1.807) is 58.3 Å². The van der Waals surface area contributed by atoms with E-state index in [0.717, 1.165) is 0 Å². The van der Waals surface area contributed by atoms with E-state index in [0.29, 0.717) is 47.9 Å². The summed E-state index contributed by atoms with van der Waals surface area (Å²) in [5.74, 6) is -0.244. The molecule has 0 bridgehead atoms. The number of halogens is 1. The van der Waals surface area contributed by atoms with Crippen LogP contribution < -0.4 is 0 Å². The first-order valence-corrected chi connectivity index (χ1v) is 8.31. The van der Waals surface area contributed by atoms with Crippen molar-refractivity contribution in [2.24, 2.45) is 0 Å². The lowest BCUT2D eigenvalue weighted by Crippen LogP contribution is -2.50. The van der Waals surface area contributed by atoms with Crippen molar-refractivity contribution in [3.8, 4) is 6.07 Å². The van der Waals surface area contributed by atoms with Gasteiger partial charge in [0.1, 0.15) is 0 Å². The van der Waals surface area contributed by atoms with E-state index in [1.807, 2.05) is 6.07 Å². The standard InChI is InChI=1S/C19H16ClN3O2/c20-17-7-2-1-6-16(17)19(25)23-10-8-22(9-11-23)18(24)15-5-3-4-14(12-15)13-21/h1-7,12H,8-11H2. The second-order valence-electron chi connectivity index (χ2n) is 5.76. The highest BCUT2D eigenvalue weighted by atomic mass is 35.5. The summed E-state index contributed by atoms with van der Waals surface area (Å²) in [7, 11) is 0. The smallest absolute Gasteiger partial charge is 0.255 e. The molecular formula is C19H16ClN3O2. The fourth-order valence-electron chi connectivity index (χ4n) is 2.82. The molecule has 0 N–H and O–H groups in total. The van der Waals surface area contributed by atoms with Gasteiger partial charge in [0.05, 0.1) is 22.2 Å².